The summed E-state index contributed by atoms with van der Waals surface area (Å²) in [5, 5.41) is 6.62. The molecule has 0 radical (unpaired) electrons. The number of methoxy groups -OCH3 is 1. The minimum atomic E-state index is -0.622. The number of rotatable bonds is 7. The lowest BCUT2D eigenvalue weighted by molar-refractivity contribution is -0.111. The van der Waals surface area contributed by atoms with Crippen molar-refractivity contribution in [3.05, 3.63) is 59.9 Å². The number of hydrazone groups is 1. The molecule has 1 saturated heterocycles. The van der Waals surface area contributed by atoms with Crippen molar-refractivity contribution < 1.29 is 18.7 Å². The molecule has 0 N–H and O–H groups in total. The predicted octanol–water partition coefficient (Wildman–Crippen LogP) is 3.40. The quantitative estimate of drug-likeness (QED) is 0.665. The first-order chi connectivity index (χ1) is 15.5. The van der Waals surface area contributed by atoms with Crippen molar-refractivity contribution in [2.45, 2.75) is 37.3 Å². The largest absolute Gasteiger partial charge is 0.489 e. The molecule has 2 aromatic rings. The summed E-state index contributed by atoms with van der Waals surface area (Å²) in [5.74, 6) is 0.171. The van der Waals surface area contributed by atoms with E-state index in [1.165, 1.54) is 12.1 Å². The standard InChI is InChI=1S/C25H28FN3O3/c1-17(30)24-25(18-7-4-3-5-8-18,11-6-12-28-14-20(15-28)31-2)23-16-32-22-10-9-19(26)13-21(22)29(23)27-24/h3-5,7-10,13,20,23H,6,11-12,14-16H2,1-2H3/t23?,25-/m0/s1. The minimum absolute atomic E-state index is 0.0652. The number of halogens is 1. The third-order valence-electron chi connectivity index (χ3n) is 6.98. The maximum Gasteiger partial charge on any atom is 0.176 e. The predicted molar refractivity (Wildman–Crippen MR) is 121 cm³/mol. The van der Waals surface area contributed by atoms with Crippen LogP contribution in [0.25, 0.3) is 0 Å². The van der Waals surface area contributed by atoms with Crippen LogP contribution in [0.4, 0.5) is 10.1 Å². The van der Waals surface area contributed by atoms with Crippen LogP contribution in [0.3, 0.4) is 0 Å². The van der Waals surface area contributed by atoms with E-state index in [2.05, 4.69) is 17.0 Å². The number of Topliss-reactive ketones (excluding diaryl/α,β-unsaturated/α-hetero) is 1. The van der Waals surface area contributed by atoms with Gasteiger partial charge < -0.3 is 9.47 Å². The molecule has 0 aromatic heterocycles. The maximum absolute atomic E-state index is 14.1. The van der Waals surface area contributed by atoms with Crippen molar-refractivity contribution >= 4 is 17.2 Å². The van der Waals surface area contributed by atoms with Gasteiger partial charge in [0.2, 0.25) is 0 Å². The van der Waals surface area contributed by atoms with E-state index in [0.29, 0.717) is 29.9 Å². The molecule has 7 heteroatoms. The van der Waals surface area contributed by atoms with Crippen LogP contribution in [0.2, 0.25) is 0 Å². The molecule has 0 bridgehead atoms. The van der Waals surface area contributed by atoms with Gasteiger partial charge in [-0.25, -0.2) is 4.39 Å². The van der Waals surface area contributed by atoms with Crippen LogP contribution in [0.1, 0.15) is 25.3 Å². The molecule has 3 aliphatic heterocycles. The minimum Gasteiger partial charge on any atom is -0.489 e. The Morgan fingerprint density at radius 2 is 2.03 bits per heavy atom. The highest BCUT2D eigenvalue weighted by Crippen LogP contribution is 2.48. The van der Waals surface area contributed by atoms with Gasteiger partial charge in [0.15, 0.2) is 5.78 Å². The lowest BCUT2D eigenvalue weighted by atomic mass is 9.67. The molecular formula is C25H28FN3O3. The molecule has 2 aromatic carbocycles. The topological polar surface area (TPSA) is 54.4 Å². The van der Waals surface area contributed by atoms with E-state index in [1.54, 1.807) is 20.1 Å². The number of hydrogen-bond donors (Lipinski definition) is 0. The maximum atomic E-state index is 14.1. The van der Waals surface area contributed by atoms with Gasteiger partial charge in [-0.2, -0.15) is 5.10 Å². The summed E-state index contributed by atoms with van der Waals surface area (Å²) < 4.78 is 25.6. The third-order valence-corrected chi connectivity index (χ3v) is 6.98. The zero-order valence-electron chi connectivity index (χ0n) is 18.5. The van der Waals surface area contributed by atoms with Gasteiger partial charge in [0.05, 0.1) is 11.5 Å². The van der Waals surface area contributed by atoms with Crippen LogP contribution in [0.15, 0.2) is 53.6 Å². The Morgan fingerprint density at radius 3 is 2.75 bits per heavy atom. The molecule has 2 atom stereocenters. The van der Waals surface area contributed by atoms with E-state index in [4.69, 9.17) is 14.6 Å². The Kier molecular flexibility index (Phi) is 5.47. The van der Waals surface area contributed by atoms with Gasteiger partial charge in [-0.3, -0.25) is 14.7 Å². The lowest BCUT2D eigenvalue weighted by Gasteiger charge is -2.42. The summed E-state index contributed by atoms with van der Waals surface area (Å²) in [4.78, 5) is 15.3. The molecule has 3 heterocycles. The number of anilines is 1. The number of ether oxygens (including phenoxy) is 2. The summed E-state index contributed by atoms with van der Waals surface area (Å²) in [6.07, 6.45) is 1.96. The number of carbonyl (C=O) groups excluding carboxylic acids is 1. The van der Waals surface area contributed by atoms with Gasteiger partial charge in [-0.05, 0) is 37.1 Å². The summed E-state index contributed by atoms with van der Waals surface area (Å²) in [6, 6.07) is 14.3. The fraction of sp³-hybridized carbons (Fsp3) is 0.440. The Hall–Kier alpha value is -2.77. The highest BCUT2D eigenvalue weighted by Gasteiger charge is 2.55. The number of nitrogens with zero attached hydrogens (tertiary/aromatic N) is 3. The number of carbonyl (C=O) groups is 1. The molecule has 0 aliphatic carbocycles. The second kappa shape index (κ2) is 8.30. The molecule has 0 amide bonds. The van der Waals surface area contributed by atoms with Crippen molar-refractivity contribution in [3.8, 4) is 5.75 Å². The third kappa shape index (κ3) is 3.40. The van der Waals surface area contributed by atoms with Gasteiger partial charge >= 0.3 is 0 Å². The molecule has 0 spiro atoms. The highest BCUT2D eigenvalue weighted by atomic mass is 19.1. The van der Waals surface area contributed by atoms with E-state index in [0.717, 1.165) is 38.0 Å². The van der Waals surface area contributed by atoms with Crippen molar-refractivity contribution in [2.24, 2.45) is 5.10 Å². The molecule has 32 heavy (non-hydrogen) atoms. The lowest BCUT2D eigenvalue weighted by Crippen LogP contribution is -2.55. The molecule has 168 valence electrons. The van der Waals surface area contributed by atoms with Gasteiger partial charge in [0.25, 0.3) is 0 Å². The number of benzene rings is 2. The summed E-state index contributed by atoms with van der Waals surface area (Å²) in [5.41, 5.74) is 1.52. The van der Waals surface area contributed by atoms with Gasteiger partial charge in [0, 0.05) is 33.2 Å². The zero-order valence-corrected chi connectivity index (χ0v) is 18.5. The molecule has 3 aliphatic rings. The number of ketones is 1. The van der Waals surface area contributed by atoms with Crippen LogP contribution in [0.5, 0.6) is 5.75 Å². The van der Waals surface area contributed by atoms with E-state index in [-0.39, 0.29) is 17.6 Å². The van der Waals surface area contributed by atoms with Crippen molar-refractivity contribution in [3.63, 3.8) is 0 Å². The second-order valence-electron chi connectivity index (χ2n) is 8.85. The van der Waals surface area contributed by atoms with Gasteiger partial charge in [-0.15, -0.1) is 0 Å². The molecule has 1 unspecified atom stereocenters. The van der Waals surface area contributed by atoms with Crippen molar-refractivity contribution in [1.29, 1.82) is 0 Å². The normalized spacial score (nSPS) is 24.9. The molecule has 6 nitrogen and oxygen atoms in total. The number of hydrogen-bond acceptors (Lipinski definition) is 6. The van der Waals surface area contributed by atoms with Crippen molar-refractivity contribution in [2.75, 3.05) is 38.4 Å². The Bertz CT molecular complexity index is 1040. The van der Waals surface area contributed by atoms with Crippen molar-refractivity contribution in [1.82, 2.24) is 4.90 Å². The van der Waals surface area contributed by atoms with E-state index in [9.17, 15) is 9.18 Å². The summed E-state index contributed by atoms with van der Waals surface area (Å²) in [6.45, 7) is 4.75. The van der Waals surface area contributed by atoms with E-state index < -0.39 is 5.41 Å². The molecule has 1 fully saturated rings. The zero-order chi connectivity index (χ0) is 22.3. The van der Waals surface area contributed by atoms with Gasteiger partial charge in [-0.1, -0.05) is 30.3 Å². The van der Waals surface area contributed by atoms with Crippen LogP contribution in [-0.4, -0.2) is 61.9 Å². The van der Waals surface area contributed by atoms with Crippen LogP contribution in [-0.2, 0) is 14.9 Å². The number of likely N-dealkylation sites (tertiary alicyclic amines) is 1. The Labute approximate surface area is 187 Å². The van der Waals surface area contributed by atoms with Crippen LogP contribution >= 0.6 is 0 Å². The molecule has 0 saturated carbocycles. The molecule has 5 rings (SSSR count). The van der Waals surface area contributed by atoms with Gasteiger partial charge in [0.1, 0.15) is 35.6 Å². The number of fused-ring (bicyclic) bond motifs is 3. The first-order valence-corrected chi connectivity index (χ1v) is 11.1. The SMILES string of the molecule is COC1CN(CCC[C@@]2(c3ccccc3)C(C(C)=O)=NN3c4cc(F)ccc4OCC32)C1. The van der Waals surface area contributed by atoms with E-state index in [1.807, 2.05) is 23.2 Å². The first kappa shape index (κ1) is 21.1. The first-order valence-electron chi connectivity index (χ1n) is 11.1. The summed E-state index contributed by atoms with van der Waals surface area (Å²) >= 11 is 0. The fourth-order valence-corrected chi connectivity index (χ4v) is 5.34. The monoisotopic (exact) mass is 437 g/mol. The fourth-order valence-electron chi connectivity index (χ4n) is 5.34. The van der Waals surface area contributed by atoms with E-state index >= 15 is 0 Å². The summed E-state index contributed by atoms with van der Waals surface area (Å²) in [7, 11) is 1.75. The second-order valence-corrected chi connectivity index (χ2v) is 8.85. The van der Waals surface area contributed by atoms with Crippen LogP contribution in [0, 0.1) is 5.82 Å². The average molecular weight is 438 g/mol. The Morgan fingerprint density at radius 1 is 1.25 bits per heavy atom. The highest BCUT2D eigenvalue weighted by molar-refractivity contribution is 6.43. The smallest absolute Gasteiger partial charge is 0.176 e. The Balaban J connectivity index is 1.51. The van der Waals surface area contributed by atoms with Crippen LogP contribution < -0.4 is 9.75 Å². The molecular weight excluding hydrogens is 409 g/mol. The average Bonchev–Trinajstić information content (AvgIpc) is 3.12.